The van der Waals surface area contributed by atoms with Gasteiger partial charge in [0.15, 0.2) is 0 Å². The molecule has 0 fully saturated rings. The van der Waals surface area contributed by atoms with Crippen molar-refractivity contribution >= 4 is 21.9 Å². The van der Waals surface area contributed by atoms with E-state index < -0.39 is 0 Å². The second kappa shape index (κ2) is 8.35. The Labute approximate surface area is 210 Å². The van der Waals surface area contributed by atoms with Gasteiger partial charge in [0.1, 0.15) is 11.4 Å². The Kier molecular flexibility index (Phi) is 5.11. The lowest BCUT2D eigenvalue weighted by Gasteiger charge is -2.19. The number of para-hydroxylation sites is 2. The van der Waals surface area contributed by atoms with E-state index in [1.54, 1.807) is 6.07 Å². The molecule has 6 rings (SSSR count). The van der Waals surface area contributed by atoms with Gasteiger partial charge in [-0.25, -0.2) is 4.98 Å². The SMILES string of the molecule is CC(C)(C)c1ccnc(-c2cccc(-n3c4ccccc4c4ccc(-c5ccccc5O)nc43)c2)c1. The quantitative estimate of drug-likeness (QED) is 0.286. The summed E-state index contributed by atoms with van der Waals surface area (Å²) in [6.45, 7) is 6.65. The van der Waals surface area contributed by atoms with Crippen LogP contribution in [-0.4, -0.2) is 19.6 Å². The maximum Gasteiger partial charge on any atom is 0.146 e. The summed E-state index contributed by atoms with van der Waals surface area (Å²) in [5.41, 5.74) is 7.72. The molecule has 3 aromatic heterocycles. The van der Waals surface area contributed by atoms with E-state index in [4.69, 9.17) is 4.98 Å². The van der Waals surface area contributed by atoms with E-state index in [0.29, 0.717) is 5.56 Å². The molecule has 0 aliphatic carbocycles. The van der Waals surface area contributed by atoms with Crippen molar-refractivity contribution in [2.24, 2.45) is 0 Å². The Morgan fingerprint density at radius 1 is 0.722 bits per heavy atom. The van der Waals surface area contributed by atoms with Crippen LogP contribution in [0.3, 0.4) is 0 Å². The summed E-state index contributed by atoms with van der Waals surface area (Å²) in [5.74, 6) is 0.221. The minimum Gasteiger partial charge on any atom is -0.507 e. The fraction of sp³-hybridized carbons (Fsp3) is 0.125. The number of nitrogens with zero attached hydrogens (tertiary/aromatic N) is 3. The van der Waals surface area contributed by atoms with Gasteiger partial charge in [0.25, 0.3) is 0 Å². The first-order valence-electron chi connectivity index (χ1n) is 12.2. The Morgan fingerprint density at radius 3 is 2.36 bits per heavy atom. The van der Waals surface area contributed by atoms with Gasteiger partial charge in [-0.2, -0.15) is 0 Å². The molecule has 36 heavy (non-hydrogen) atoms. The molecule has 0 atom stereocenters. The molecule has 3 heterocycles. The molecule has 0 saturated carbocycles. The maximum absolute atomic E-state index is 10.5. The van der Waals surface area contributed by atoms with Gasteiger partial charge in [-0.1, -0.05) is 63.2 Å². The first-order chi connectivity index (χ1) is 17.4. The number of aromatic hydroxyl groups is 1. The Morgan fingerprint density at radius 2 is 1.53 bits per heavy atom. The lowest BCUT2D eigenvalue weighted by Crippen LogP contribution is -2.11. The van der Waals surface area contributed by atoms with Crippen molar-refractivity contribution in [3.63, 3.8) is 0 Å². The van der Waals surface area contributed by atoms with Crippen molar-refractivity contribution in [1.82, 2.24) is 14.5 Å². The normalized spacial score (nSPS) is 11.9. The highest BCUT2D eigenvalue weighted by atomic mass is 16.3. The van der Waals surface area contributed by atoms with Gasteiger partial charge >= 0.3 is 0 Å². The summed E-state index contributed by atoms with van der Waals surface area (Å²) in [7, 11) is 0. The first-order valence-corrected chi connectivity index (χ1v) is 12.2. The third-order valence-corrected chi connectivity index (χ3v) is 6.73. The number of hydrogen-bond acceptors (Lipinski definition) is 3. The summed E-state index contributed by atoms with van der Waals surface area (Å²) < 4.78 is 2.20. The maximum atomic E-state index is 10.5. The molecule has 0 aliphatic rings. The van der Waals surface area contributed by atoms with Gasteiger partial charge in [0, 0.05) is 33.8 Å². The smallest absolute Gasteiger partial charge is 0.146 e. The van der Waals surface area contributed by atoms with Crippen LogP contribution in [0.5, 0.6) is 5.75 Å². The van der Waals surface area contributed by atoms with Gasteiger partial charge in [-0.15, -0.1) is 0 Å². The molecule has 176 valence electrons. The topological polar surface area (TPSA) is 50.9 Å². The van der Waals surface area contributed by atoms with Crippen LogP contribution in [0.15, 0.2) is 103 Å². The minimum atomic E-state index is 0.0471. The summed E-state index contributed by atoms with van der Waals surface area (Å²) >= 11 is 0. The van der Waals surface area contributed by atoms with Crippen molar-refractivity contribution in [3.05, 3.63) is 109 Å². The fourth-order valence-corrected chi connectivity index (χ4v) is 4.80. The molecule has 6 aromatic rings. The fourth-order valence-electron chi connectivity index (χ4n) is 4.80. The molecule has 1 N–H and O–H groups in total. The highest BCUT2D eigenvalue weighted by molar-refractivity contribution is 6.08. The van der Waals surface area contributed by atoms with Crippen molar-refractivity contribution in [2.45, 2.75) is 26.2 Å². The lowest BCUT2D eigenvalue weighted by molar-refractivity contribution is 0.477. The molecular formula is C32H27N3O. The van der Waals surface area contributed by atoms with Crippen LogP contribution in [-0.2, 0) is 5.41 Å². The van der Waals surface area contributed by atoms with Gasteiger partial charge in [-0.05, 0) is 65.6 Å². The third kappa shape index (κ3) is 3.72. The van der Waals surface area contributed by atoms with Crippen LogP contribution in [0, 0.1) is 0 Å². The number of phenols is 1. The zero-order chi connectivity index (χ0) is 24.9. The molecule has 3 aromatic carbocycles. The molecule has 0 aliphatic heterocycles. The molecule has 0 bridgehead atoms. The second-order valence-corrected chi connectivity index (χ2v) is 10.2. The van der Waals surface area contributed by atoms with Crippen LogP contribution < -0.4 is 0 Å². The molecule has 4 nitrogen and oxygen atoms in total. The zero-order valence-electron chi connectivity index (χ0n) is 20.6. The number of rotatable bonds is 3. The third-order valence-electron chi connectivity index (χ3n) is 6.73. The van der Waals surface area contributed by atoms with E-state index in [2.05, 4.69) is 97.1 Å². The molecule has 0 unspecified atom stereocenters. The number of fused-ring (bicyclic) bond motifs is 3. The molecule has 0 radical (unpaired) electrons. The Hall–Kier alpha value is -4.44. The average Bonchev–Trinajstić information content (AvgIpc) is 3.22. The van der Waals surface area contributed by atoms with E-state index in [1.165, 1.54) is 5.56 Å². The zero-order valence-corrected chi connectivity index (χ0v) is 20.6. The lowest BCUT2D eigenvalue weighted by atomic mass is 9.87. The van der Waals surface area contributed by atoms with Gasteiger partial charge in [-0.3, -0.25) is 9.55 Å². The van der Waals surface area contributed by atoms with E-state index in [1.807, 2.05) is 30.5 Å². The largest absolute Gasteiger partial charge is 0.507 e. The van der Waals surface area contributed by atoms with Crippen LogP contribution in [0.2, 0.25) is 0 Å². The number of pyridine rings is 2. The summed E-state index contributed by atoms with van der Waals surface area (Å²) in [6, 6.07) is 32.5. The molecule has 4 heteroatoms. The predicted octanol–water partition coefficient (Wildman–Crippen LogP) is 7.91. The van der Waals surface area contributed by atoms with E-state index in [-0.39, 0.29) is 11.2 Å². The van der Waals surface area contributed by atoms with Crippen molar-refractivity contribution in [1.29, 1.82) is 0 Å². The van der Waals surface area contributed by atoms with Crippen LogP contribution in [0.25, 0.3) is 50.1 Å². The van der Waals surface area contributed by atoms with Crippen molar-refractivity contribution in [3.8, 4) is 34.0 Å². The van der Waals surface area contributed by atoms with Gasteiger partial charge < -0.3 is 5.11 Å². The van der Waals surface area contributed by atoms with Crippen molar-refractivity contribution < 1.29 is 5.11 Å². The second-order valence-electron chi connectivity index (χ2n) is 10.2. The monoisotopic (exact) mass is 469 g/mol. The molecular weight excluding hydrogens is 442 g/mol. The number of aromatic nitrogens is 3. The molecule has 0 amide bonds. The van der Waals surface area contributed by atoms with Gasteiger partial charge in [0.2, 0.25) is 0 Å². The highest BCUT2D eigenvalue weighted by Gasteiger charge is 2.17. The summed E-state index contributed by atoms with van der Waals surface area (Å²) in [4.78, 5) is 9.74. The van der Waals surface area contributed by atoms with E-state index >= 15 is 0 Å². The number of phenolic OH excluding ortho intramolecular Hbond substituents is 1. The highest BCUT2D eigenvalue weighted by Crippen LogP contribution is 2.35. The van der Waals surface area contributed by atoms with Crippen LogP contribution in [0.4, 0.5) is 0 Å². The average molecular weight is 470 g/mol. The minimum absolute atomic E-state index is 0.0471. The molecule has 0 saturated heterocycles. The van der Waals surface area contributed by atoms with E-state index in [9.17, 15) is 5.11 Å². The van der Waals surface area contributed by atoms with E-state index in [0.717, 1.165) is 44.6 Å². The van der Waals surface area contributed by atoms with Gasteiger partial charge in [0.05, 0.1) is 16.9 Å². The Bertz CT molecular complexity index is 1740. The van der Waals surface area contributed by atoms with Crippen LogP contribution in [0.1, 0.15) is 26.3 Å². The number of benzene rings is 3. The Balaban J connectivity index is 1.58. The molecule has 0 spiro atoms. The summed E-state index contributed by atoms with van der Waals surface area (Å²) in [6.07, 6.45) is 1.89. The van der Waals surface area contributed by atoms with Crippen molar-refractivity contribution in [2.75, 3.05) is 0 Å². The predicted molar refractivity (Wildman–Crippen MR) is 148 cm³/mol. The number of hydrogen-bond donors (Lipinski definition) is 1. The van der Waals surface area contributed by atoms with Crippen LogP contribution >= 0.6 is 0 Å². The summed E-state index contributed by atoms with van der Waals surface area (Å²) in [5, 5.41) is 12.7. The standard InChI is InChI=1S/C32H27N3O/c1-32(2,3)22-17-18-33-28(20-22)21-9-8-10-23(19-21)35-29-13-6-4-11-24(29)25-15-16-27(34-31(25)35)26-12-5-7-14-30(26)36/h4-20,36H,1-3H3. The first kappa shape index (κ1) is 22.1.